The molecule has 0 radical (unpaired) electrons. The number of benzene rings is 2. The molecule has 0 heterocycles. The molecule has 19 heavy (non-hydrogen) atoms. The molecule has 0 amide bonds. The molecular weight excluding hydrogens is 304 g/mol. The highest BCUT2D eigenvalue weighted by atomic mass is 79.9. The average molecular weight is 321 g/mol. The van der Waals surface area contributed by atoms with Gasteiger partial charge in [0.2, 0.25) is 0 Å². The van der Waals surface area contributed by atoms with E-state index in [9.17, 15) is 5.11 Å². The Kier molecular flexibility index (Phi) is 4.61. The molecule has 2 aromatic carbocycles. The summed E-state index contributed by atoms with van der Waals surface area (Å²) in [7, 11) is 0. The maximum atomic E-state index is 9.76. The summed E-state index contributed by atoms with van der Waals surface area (Å²) in [5, 5.41) is 9.76. The van der Waals surface area contributed by atoms with Crippen LogP contribution >= 0.6 is 15.9 Å². The van der Waals surface area contributed by atoms with E-state index in [1.54, 1.807) is 6.92 Å². The second kappa shape index (κ2) is 6.22. The van der Waals surface area contributed by atoms with E-state index in [2.05, 4.69) is 47.1 Å². The maximum Gasteiger partial charge on any atom is 0.125 e. The molecule has 0 bridgehead atoms. The molecule has 100 valence electrons. The van der Waals surface area contributed by atoms with Gasteiger partial charge >= 0.3 is 0 Å². The fraction of sp³-hybridized carbons (Fsp3) is 0.250. The lowest BCUT2D eigenvalue weighted by atomic mass is 10.1. The Labute approximate surface area is 122 Å². The number of aliphatic hydroxyl groups excluding tert-OH is 1. The molecule has 0 fully saturated rings. The second-order valence-electron chi connectivity index (χ2n) is 4.63. The standard InChI is InChI=1S/C16H17BrO2/c1-11-3-5-13(6-4-11)10-19-16-8-7-14(17)9-15(16)12(2)18/h3-9,12,18H,10H2,1-2H3/t12-/m0/s1. The second-order valence-corrected chi connectivity index (χ2v) is 5.55. The van der Waals surface area contributed by atoms with Gasteiger partial charge in [-0.2, -0.15) is 0 Å². The van der Waals surface area contributed by atoms with Crippen molar-refractivity contribution in [2.75, 3.05) is 0 Å². The first-order valence-corrected chi connectivity index (χ1v) is 7.01. The van der Waals surface area contributed by atoms with Gasteiger partial charge in [0.15, 0.2) is 0 Å². The van der Waals surface area contributed by atoms with Crippen molar-refractivity contribution in [3.63, 3.8) is 0 Å². The zero-order chi connectivity index (χ0) is 13.8. The van der Waals surface area contributed by atoms with Crippen LogP contribution < -0.4 is 4.74 Å². The van der Waals surface area contributed by atoms with Crippen LogP contribution in [0, 0.1) is 6.92 Å². The minimum Gasteiger partial charge on any atom is -0.489 e. The molecule has 0 aliphatic carbocycles. The Bertz CT molecular complexity index is 547. The highest BCUT2D eigenvalue weighted by molar-refractivity contribution is 9.10. The van der Waals surface area contributed by atoms with Gasteiger partial charge in [-0.25, -0.2) is 0 Å². The van der Waals surface area contributed by atoms with Crippen LogP contribution in [0.5, 0.6) is 5.75 Å². The predicted molar refractivity (Wildman–Crippen MR) is 80.3 cm³/mol. The monoisotopic (exact) mass is 320 g/mol. The van der Waals surface area contributed by atoms with Crippen LogP contribution in [0.25, 0.3) is 0 Å². The smallest absolute Gasteiger partial charge is 0.125 e. The molecule has 0 spiro atoms. The Morgan fingerprint density at radius 2 is 1.84 bits per heavy atom. The fourth-order valence-corrected chi connectivity index (χ4v) is 2.20. The number of hydrogen-bond donors (Lipinski definition) is 1. The molecule has 0 saturated carbocycles. The van der Waals surface area contributed by atoms with Crippen LogP contribution in [-0.2, 0) is 6.61 Å². The molecule has 0 aliphatic heterocycles. The summed E-state index contributed by atoms with van der Waals surface area (Å²) in [5.74, 6) is 0.721. The summed E-state index contributed by atoms with van der Waals surface area (Å²) < 4.78 is 6.73. The summed E-state index contributed by atoms with van der Waals surface area (Å²) >= 11 is 3.40. The molecule has 0 aromatic heterocycles. The van der Waals surface area contributed by atoms with E-state index in [1.165, 1.54) is 5.56 Å². The lowest BCUT2D eigenvalue weighted by Gasteiger charge is -2.14. The van der Waals surface area contributed by atoms with Gasteiger partial charge in [-0.15, -0.1) is 0 Å². The average Bonchev–Trinajstić information content (AvgIpc) is 2.39. The van der Waals surface area contributed by atoms with E-state index in [0.717, 1.165) is 21.3 Å². The summed E-state index contributed by atoms with van der Waals surface area (Å²) in [5.41, 5.74) is 3.14. The van der Waals surface area contributed by atoms with Crippen LogP contribution in [0.3, 0.4) is 0 Å². The summed E-state index contributed by atoms with van der Waals surface area (Å²) in [6.07, 6.45) is -0.550. The van der Waals surface area contributed by atoms with Crippen molar-refractivity contribution >= 4 is 15.9 Å². The molecule has 2 aromatic rings. The number of ether oxygens (including phenoxy) is 1. The van der Waals surface area contributed by atoms with E-state index in [-0.39, 0.29) is 0 Å². The van der Waals surface area contributed by atoms with Crippen molar-refractivity contribution in [1.29, 1.82) is 0 Å². The molecular formula is C16H17BrO2. The molecule has 0 aliphatic rings. The summed E-state index contributed by atoms with van der Waals surface area (Å²) in [6.45, 7) is 4.30. The van der Waals surface area contributed by atoms with Gasteiger partial charge in [-0.1, -0.05) is 45.8 Å². The Morgan fingerprint density at radius 3 is 2.47 bits per heavy atom. The largest absolute Gasteiger partial charge is 0.489 e. The molecule has 0 unspecified atom stereocenters. The zero-order valence-electron chi connectivity index (χ0n) is 11.1. The van der Waals surface area contributed by atoms with Crippen LogP contribution in [-0.4, -0.2) is 5.11 Å². The lowest BCUT2D eigenvalue weighted by Crippen LogP contribution is -2.01. The topological polar surface area (TPSA) is 29.5 Å². The summed E-state index contributed by atoms with van der Waals surface area (Å²) in [4.78, 5) is 0. The first-order chi connectivity index (χ1) is 9.06. The van der Waals surface area contributed by atoms with Crippen molar-refractivity contribution in [1.82, 2.24) is 0 Å². The number of halogens is 1. The Balaban J connectivity index is 2.13. The van der Waals surface area contributed by atoms with Gasteiger partial charge in [0.25, 0.3) is 0 Å². The predicted octanol–water partition coefficient (Wildman–Crippen LogP) is 4.39. The zero-order valence-corrected chi connectivity index (χ0v) is 12.6. The highest BCUT2D eigenvalue weighted by Gasteiger charge is 2.10. The van der Waals surface area contributed by atoms with Crippen molar-refractivity contribution in [3.8, 4) is 5.75 Å². The number of aliphatic hydroxyl groups is 1. The molecule has 1 atom stereocenters. The Hall–Kier alpha value is -1.32. The van der Waals surface area contributed by atoms with Gasteiger partial charge < -0.3 is 9.84 Å². The minimum atomic E-state index is -0.550. The van der Waals surface area contributed by atoms with Crippen LogP contribution in [0.2, 0.25) is 0 Å². The minimum absolute atomic E-state index is 0.502. The van der Waals surface area contributed by atoms with Crippen molar-refractivity contribution in [2.45, 2.75) is 26.6 Å². The number of aryl methyl sites for hydroxylation is 1. The summed E-state index contributed by atoms with van der Waals surface area (Å²) in [6, 6.07) is 13.9. The fourth-order valence-electron chi connectivity index (χ4n) is 1.82. The maximum absolute atomic E-state index is 9.76. The van der Waals surface area contributed by atoms with Gasteiger partial charge in [0.05, 0.1) is 6.10 Å². The third kappa shape index (κ3) is 3.82. The molecule has 2 nitrogen and oxygen atoms in total. The number of hydrogen-bond acceptors (Lipinski definition) is 2. The third-order valence-corrected chi connectivity index (χ3v) is 3.43. The number of rotatable bonds is 4. The molecule has 1 N–H and O–H groups in total. The SMILES string of the molecule is Cc1ccc(COc2ccc(Br)cc2[C@H](C)O)cc1. The van der Waals surface area contributed by atoms with Gasteiger partial charge in [-0.3, -0.25) is 0 Å². The van der Waals surface area contributed by atoms with Gasteiger partial charge in [0.1, 0.15) is 12.4 Å². The van der Waals surface area contributed by atoms with E-state index >= 15 is 0 Å². The van der Waals surface area contributed by atoms with Gasteiger partial charge in [0, 0.05) is 10.0 Å². The lowest BCUT2D eigenvalue weighted by molar-refractivity contribution is 0.190. The van der Waals surface area contributed by atoms with Crippen molar-refractivity contribution < 1.29 is 9.84 Å². The van der Waals surface area contributed by atoms with E-state index < -0.39 is 6.10 Å². The normalized spacial score (nSPS) is 12.2. The quantitative estimate of drug-likeness (QED) is 0.905. The third-order valence-electron chi connectivity index (χ3n) is 2.94. The molecule has 2 rings (SSSR count). The van der Waals surface area contributed by atoms with Crippen molar-refractivity contribution in [3.05, 3.63) is 63.6 Å². The highest BCUT2D eigenvalue weighted by Crippen LogP contribution is 2.29. The van der Waals surface area contributed by atoms with Crippen molar-refractivity contribution in [2.24, 2.45) is 0 Å². The van der Waals surface area contributed by atoms with E-state index in [4.69, 9.17) is 4.74 Å². The molecule has 3 heteroatoms. The first kappa shape index (κ1) is 14.1. The van der Waals surface area contributed by atoms with Crippen LogP contribution in [0.1, 0.15) is 29.7 Å². The Morgan fingerprint density at radius 1 is 1.16 bits per heavy atom. The van der Waals surface area contributed by atoms with Crippen LogP contribution in [0.4, 0.5) is 0 Å². The van der Waals surface area contributed by atoms with Gasteiger partial charge in [-0.05, 0) is 37.6 Å². The van der Waals surface area contributed by atoms with E-state index in [1.807, 2.05) is 18.2 Å². The van der Waals surface area contributed by atoms with E-state index in [0.29, 0.717) is 6.61 Å². The first-order valence-electron chi connectivity index (χ1n) is 6.22. The van der Waals surface area contributed by atoms with Crippen LogP contribution in [0.15, 0.2) is 46.9 Å². The molecule has 0 saturated heterocycles.